The second kappa shape index (κ2) is 6.07. The van der Waals surface area contributed by atoms with E-state index in [1.807, 2.05) is 48.6 Å². The molecule has 0 spiro atoms. The van der Waals surface area contributed by atoms with Gasteiger partial charge in [-0.1, -0.05) is 0 Å². The van der Waals surface area contributed by atoms with Crippen molar-refractivity contribution in [1.29, 1.82) is 0 Å². The average Bonchev–Trinajstić information content (AvgIpc) is 3.13. The predicted molar refractivity (Wildman–Crippen MR) is 85.2 cm³/mol. The van der Waals surface area contributed by atoms with Crippen molar-refractivity contribution in [2.24, 2.45) is 14.1 Å². The molecule has 0 saturated carbocycles. The van der Waals surface area contributed by atoms with Gasteiger partial charge in [0.2, 0.25) is 0 Å². The first-order valence-electron chi connectivity index (χ1n) is 7.19. The largest absolute Gasteiger partial charge is 0.467 e. The molecule has 0 aliphatic carbocycles. The van der Waals surface area contributed by atoms with Gasteiger partial charge >= 0.3 is 6.01 Å². The van der Waals surface area contributed by atoms with E-state index in [-0.39, 0.29) is 6.04 Å². The van der Waals surface area contributed by atoms with Crippen LogP contribution < -0.4 is 10.1 Å². The first-order valence-corrected chi connectivity index (χ1v) is 7.19. The van der Waals surface area contributed by atoms with E-state index in [0.29, 0.717) is 11.8 Å². The first kappa shape index (κ1) is 15.0. The molecule has 120 valence electrons. The average molecular weight is 313 g/mol. The summed E-state index contributed by atoms with van der Waals surface area (Å²) in [7, 11) is 5.45. The van der Waals surface area contributed by atoms with Gasteiger partial charge in [0.25, 0.3) is 0 Å². The Morgan fingerprint density at radius 2 is 1.65 bits per heavy atom. The highest BCUT2D eigenvalue weighted by atomic mass is 16.5. The number of ether oxygens (including phenoxy) is 1. The van der Waals surface area contributed by atoms with Crippen LogP contribution in [0.4, 0.5) is 5.82 Å². The second-order valence-corrected chi connectivity index (χ2v) is 5.25. The Hall–Kier alpha value is -2.90. The molecule has 0 amide bonds. The fourth-order valence-electron chi connectivity index (χ4n) is 2.41. The number of hydrogen-bond acceptors (Lipinski definition) is 6. The van der Waals surface area contributed by atoms with Gasteiger partial charge in [-0.05, 0) is 6.92 Å². The summed E-state index contributed by atoms with van der Waals surface area (Å²) in [6.45, 7) is 1.89. The molecule has 23 heavy (non-hydrogen) atoms. The molecule has 0 atom stereocenters. The van der Waals surface area contributed by atoms with Crippen LogP contribution in [0.15, 0.2) is 30.9 Å². The molecule has 0 bridgehead atoms. The smallest absolute Gasteiger partial charge is 0.318 e. The zero-order chi connectivity index (χ0) is 16.4. The lowest BCUT2D eigenvalue weighted by molar-refractivity contribution is 0.379. The van der Waals surface area contributed by atoms with Crippen LogP contribution in [0, 0.1) is 6.92 Å². The number of methoxy groups -OCH3 is 1. The monoisotopic (exact) mass is 313 g/mol. The SMILES string of the molecule is COc1nc(C)cc(NC(c2nccn2C)c2nccn2C)n1. The molecule has 0 aliphatic heterocycles. The van der Waals surface area contributed by atoms with Gasteiger partial charge in [0, 0.05) is 50.6 Å². The van der Waals surface area contributed by atoms with Crippen LogP contribution in [-0.2, 0) is 14.1 Å². The van der Waals surface area contributed by atoms with Crippen LogP contribution in [0.3, 0.4) is 0 Å². The summed E-state index contributed by atoms with van der Waals surface area (Å²) in [6, 6.07) is 1.95. The minimum absolute atomic E-state index is 0.242. The number of aryl methyl sites for hydroxylation is 3. The summed E-state index contributed by atoms with van der Waals surface area (Å²) in [5.41, 5.74) is 0.817. The molecular formula is C15H19N7O. The van der Waals surface area contributed by atoms with Crippen molar-refractivity contribution in [1.82, 2.24) is 29.1 Å². The Labute approximate surface area is 134 Å². The van der Waals surface area contributed by atoms with Gasteiger partial charge in [-0.15, -0.1) is 0 Å². The summed E-state index contributed by atoms with van der Waals surface area (Å²) >= 11 is 0. The van der Waals surface area contributed by atoms with E-state index in [1.165, 1.54) is 0 Å². The van der Waals surface area contributed by atoms with Crippen LogP contribution in [0.1, 0.15) is 23.4 Å². The summed E-state index contributed by atoms with van der Waals surface area (Å²) in [5, 5.41) is 3.38. The Morgan fingerprint density at radius 1 is 1.04 bits per heavy atom. The highest BCUT2D eigenvalue weighted by Gasteiger charge is 2.23. The van der Waals surface area contributed by atoms with Crippen molar-refractivity contribution in [2.45, 2.75) is 13.0 Å². The highest BCUT2D eigenvalue weighted by Crippen LogP contribution is 2.24. The van der Waals surface area contributed by atoms with Gasteiger partial charge in [0.15, 0.2) is 0 Å². The van der Waals surface area contributed by atoms with E-state index in [2.05, 4.69) is 25.3 Å². The number of imidazole rings is 2. The molecule has 3 rings (SSSR count). The number of nitrogens with one attached hydrogen (secondary N) is 1. The minimum atomic E-state index is -0.242. The zero-order valence-corrected chi connectivity index (χ0v) is 13.6. The van der Waals surface area contributed by atoms with Gasteiger partial charge in [-0.2, -0.15) is 4.98 Å². The molecule has 3 heterocycles. The first-order chi connectivity index (χ1) is 11.1. The van der Waals surface area contributed by atoms with E-state index >= 15 is 0 Å². The quantitative estimate of drug-likeness (QED) is 0.768. The van der Waals surface area contributed by atoms with Gasteiger partial charge in [0.1, 0.15) is 23.5 Å². The van der Waals surface area contributed by atoms with E-state index < -0.39 is 0 Å². The Bertz CT molecular complexity index is 768. The lowest BCUT2D eigenvalue weighted by Gasteiger charge is -2.19. The number of nitrogens with zero attached hydrogens (tertiary/aromatic N) is 6. The number of aromatic nitrogens is 6. The summed E-state index contributed by atoms with van der Waals surface area (Å²) in [5.74, 6) is 2.34. The van der Waals surface area contributed by atoms with E-state index in [1.54, 1.807) is 19.5 Å². The zero-order valence-electron chi connectivity index (χ0n) is 13.6. The van der Waals surface area contributed by atoms with Gasteiger partial charge < -0.3 is 19.2 Å². The fourth-order valence-corrected chi connectivity index (χ4v) is 2.41. The molecule has 0 radical (unpaired) electrons. The van der Waals surface area contributed by atoms with Crippen LogP contribution >= 0.6 is 0 Å². The highest BCUT2D eigenvalue weighted by molar-refractivity contribution is 5.41. The Balaban J connectivity index is 2.02. The van der Waals surface area contributed by atoms with E-state index in [9.17, 15) is 0 Å². The van der Waals surface area contributed by atoms with Crippen LogP contribution in [0.2, 0.25) is 0 Å². The van der Waals surface area contributed by atoms with Crippen molar-refractivity contribution in [2.75, 3.05) is 12.4 Å². The lowest BCUT2D eigenvalue weighted by Crippen LogP contribution is -2.21. The number of hydrogen-bond donors (Lipinski definition) is 1. The summed E-state index contributed by atoms with van der Waals surface area (Å²) in [6.07, 6.45) is 7.33. The van der Waals surface area contributed by atoms with E-state index in [4.69, 9.17) is 4.74 Å². The molecular weight excluding hydrogens is 294 g/mol. The predicted octanol–water partition coefficient (Wildman–Crippen LogP) is 1.46. The molecule has 0 fully saturated rings. The topological polar surface area (TPSA) is 82.7 Å². The molecule has 0 aromatic carbocycles. The van der Waals surface area contributed by atoms with Crippen LogP contribution in [0.5, 0.6) is 6.01 Å². The third-order valence-electron chi connectivity index (χ3n) is 3.54. The van der Waals surface area contributed by atoms with Crippen molar-refractivity contribution in [3.05, 3.63) is 48.2 Å². The lowest BCUT2D eigenvalue weighted by atomic mass is 10.2. The molecule has 3 aromatic rings. The molecule has 8 heteroatoms. The normalized spacial score (nSPS) is 11.0. The maximum absolute atomic E-state index is 5.14. The van der Waals surface area contributed by atoms with Crippen LogP contribution in [0.25, 0.3) is 0 Å². The minimum Gasteiger partial charge on any atom is -0.467 e. The standard InChI is InChI=1S/C15H19N7O/c1-10-9-11(20-15(18-10)23-4)19-12(13-16-5-7-21(13)2)14-17-6-8-22(14)3/h5-9,12H,1-4H3,(H,18,19,20). The molecule has 0 unspecified atom stereocenters. The number of anilines is 1. The van der Waals surface area contributed by atoms with E-state index in [0.717, 1.165) is 17.3 Å². The van der Waals surface area contributed by atoms with Gasteiger partial charge in [-0.25, -0.2) is 15.0 Å². The molecule has 3 aromatic heterocycles. The van der Waals surface area contributed by atoms with Crippen LogP contribution in [-0.4, -0.2) is 36.2 Å². The third-order valence-corrected chi connectivity index (χ3v) is 3.54. The fraction of sp³-hybridized carbons (Fsp3) is 0.333. The van der Waals surface area contributed by atoms with Crippen molar-refractivity contribution >= 4 is 5.82 Å². The molecule has 1 N–H and O–H groups in total. The summed E-state index contributed by atoms with van der Waals surface area (Å²) in [4.78, 5) is 17.5. The van der Waals surface area contributed by atoms with Crippen molar-refractivity contribution in [3.8, 4) is 6.01 Å². The van der Waals surface area contributed by atoms with Gasteiger partial charge in [0.05, 0.1) is 7.11 Å². The van der Waals surface area contributed by atoms with Gasteiger partial charge in [-0.3, -0.25) is 0 Å². The Kier molecular flexibility index (Phi) is 3.96. The third kappa shape index (κ3) is 3.01. The Morgan fingerprint density at radius 3 is 2.13 bits per heavy atom. The van der Waals surface area contributed by atoms with Crippen molar-refractivity contribution in [3.63, 3.8) is 0 Å². The second-order valence-electron chi connectivity index (χ2n) is 5.25. The maximum atomic E-state index is 5.14. The summed E-state index contributed by atoms with van der Waals surface area (Å²) < 4.78 is 9.05. The molecule has 0 aliphatic rings. The van der Waals surface area contributed by atoms with Crippen molar-refractivity contribution < 1.29 is 4.74 Å². The molecule has 8 nitrogen and oxygen atoms in total. The number of rotatable bonds is 5. The molecule has 0 saturated heterocycles. The maximum Gasteiger partial charge on any atom is 0.318 e.